The molecule has 0 unspecified atom stereocenters. The second kappa shape index (κ2) is 5.97. The second-order valence-electron chi connectivity index (χ2n) is 4.21. The number of unbranched alkanes of at least 4 members (excludes halogenated alkanes) is 1. The normalized spacial score (nSPS) is 11.8. The summed E-state index contributed by atoms with van der Waals surface area (Å²) < 4.78 is 12.8. The number of aliphatic hydroxyl groups excluding tert-OH is 2. The first-order valence-electron chi connectivity index (χ1n) is 5.66. The molecule has 0 atom stereocenters. The van der Waals surface area contributed by atoms with Crippen molar-refractivity contribution in [2.24, 2.45) is 0 Å². The number of hydrogen-bond acceptors (Lipinski definition) is 2. The Morgan fingerprint density at radius 3 is 2.12 bits per heavy atom. The van der Waals surface area contributed by atoms with E-state index in [9.17, 15) is 14.6 Å². The molecule has 0 aliphatic carbocycles. The first kappa shape index (κ1) is 13.1. The van der Waals surface area contributed by atoms with E-state index < -0.39 is 5.41 Å². The minimum atomic E-state index is -0.635. The van der Waals surface area contributed by atoms with Crippen molar-refractivity contribution < 1.29 is 14.6 Å². The van der Waals surface area contributed by atoms with Crippen molar-refractivity contribution in [2.75, 3.05) is 13.2 Å². The van der Waals surface area contributed by atoms with E-state index in [0.717, 1.165) is 18.4 Å². The predicted molar refractivity (Wildman–Crippen MR) is 61.8 cm³/mol. The molecular weight excluding hydrogens is 207 g/mol. The highest BCUT2D eigenvalue weighted by Crippen LogP contribution is 2.29. The van der Waals surface area contributed by atoms with Crippen molar-refractivity contribution in [2.45, 2.75) is 31.6 Å². The lowest BCUT2D eigenvalue weighted by atomic mass is 9.78. The van der Waals surface area contributed by atoms with E-state index in [1.54, 1.807) is 12.1 Å². The maximum absolute atomic E-state index is 12.8. The van der Waals surface area contributed by atoms with Gasteiger partial charge < -0.3 is 10.2 Å². The molecule has 0 amide bonds. The molecule has 0 saturated heterocycles. The van der Waals surface area contributed by atoms with E-state index in [4.69, 9.17) is 0 Å². The predicted octanol–water partition coefficient (Wildman–Crippen LogP) is 2.24. The molecule has 0 bridgehead atoms. The zero-order valence-electron chi connectivity index (χ0n) is 9.62. The van der Waals surface area contributed by atoms with Crippen LogP contribution in [0.5, 0.6) is 0 Å². The van der Waals surface area contributed by atoms with Crippen LogP contribution in [0.15, 0.2) is 24.3 Å². The SMILES string of the molecule is CCCCC(CO)(CO)c1ccc(F)cc1. The van der Waals surface area contributed by atoms with Crippen LogP contribution in [0.3, 0.4) is 0 Å². The summed E-state index contributed by atoms with van der Waals surface area (Å²) in [5.41, 5.74) is 0.163. The summed E-state index contributed by atoms with van der Waals surface area (Å²) >= 11 is 0. The van der Waals surface area contributed by atoms with Gasteiger partial charge in [-0.25, -0.2) is 4.39 Å². The van der Waals surface area contributed by atoms with Gasteiger partial charge in [-0.3, -0.25) is 0 Å². The lowest BCUT2D eigenvalue weighted by Gasteiger charge is -2.30. The van der Waals surface area contributed by atoms with Gasteiger partial charge in [-0.05, 0) is 24.1 Å². The number of benzene rings is 1. The van der Waals surface area contributed by atoms with E-state index >= 15 is 0 Å². The fraction of sp³-hybridized carbons (Fsp3) is 0.538. The van der Waals surface area contributed by atoms with Crippen LogP contribution in [-0.4, -0.2) is 23.4 Å². The standard InChI is InChI=1S/C13H19FO2/c1-2-3-8-13(9-15,10-16)11-4-6-12(14)7-5-11/h4-7,15-16H,2-3,8-10H2,1H3. The Hall–Kier alpha value is -0.930. The minimum absolute atomic E-state index is 0.116. The second-order valence-corrected chi connectivity index (χ2v) is 4.21. The molecule has 0 aliphatic rings. The van der Waals surface area contributed by atoms with E-state index in [-0.39, 0.29) is 19.0 Å². The molecular formula is C13H19FO2. The lowest BCUT2D eigenvalue weighted by Crippen LogP contribution is -2.34. The van der Waals surface area contributed by atoms with Crippen LogP contribution >= 0.6 is 0 Å². The Labute approximate surface area is 95.7 Å². The van der Waals surface area contributed by atoms with Crippen molar-refractivity contribution >= 4 is 0 Å². The molecule has 3 heteroatoms. The van der Waals surface area contributed by atoms with Crippen molar-refractivity contribution in [3.8, 4) is 0 Å². The van der Waals surface area contributed by atoms with Crippen LogP contribution in [0.4, 0.5) is 4.39 Å². The number of hydrogen-bond donors (Lipinski definition) is 2. The van der Waals surface area contributed by atoms with Crippen LogP contribution in [-0.2, 0) is 5.41 Å². The molecule has 90 valence electrons. The fourth-order valence-electron chi connectivity index (χ4n) is 1.85. The molecule has 2 nitrogen and oxygen atoms in total. The Bertz CT molecular complexity index is 304. The zero-order valence-corrected chi connectivity index (χ0v) is 9.62. The van der Waals surface area contributed by atoms with Crippen molar-refractivity contribution in [1.29, 1.82) is 0 Å². The largest absolute Gasteiger partial charge is 0.395 e. The first-order chi connectivity index (χ1) is 7.68. The van der Waals surface area contributed by atoms with Gasteiger partial charge >= 0.3 is 0 Å². The van der Waals surface area contributed by atoms with Crippen LogP contribution in [0.2, 0.25) is 0 Å². The summed E-state index contributed by atoms with van der Waals surface area (Å²) in [6.45, 7) is 1.83. The molecule has 1 aromatic rings. The summed E-state index contributed by atoms with van der Waals surface area (Å²) in [5, 5.41) is 18.9. The summed E-state index contributed by atoms with van der Waals surface area (Å²) in [5.74, 6) is -0.302. The third-order valence-corrected chi connectivity index (χ3v) is 3.07. The van der Waals surface area contributed by atoms with Gasteiger partial charge in [-0.2, -0.15) is 0 Å². The van der Waals surface area contributed by atoms with Gasteiger partial charge in [0.05, 0.1) is 13.2 Å². The molecule has 0 heterocycles. The smallest absolute Gasteiger partial charge is 0.123 e. The van der Waals surface area contributed by atoms with Gasteiger partial charge in [0.25, 0.3) is 0 Å². The van der Waals surface area contributed by atoms with Gasteiger partial charge in [0.2, 0.25) is 0 Å². The quantitative estimate of drug-likeness (QED) is 0.781. The number of halogens is 1. The van der Waals surface area contributed by atoms with E-state index in [1.807, 2.05) is 0 Å². The zero-order chi connectivity index (χ0) is 12.0. The van der Waals surface area contributed by atoms with E-state index in [2.05, 4.69) is 6.92 Å². The summed E-state index contributed by atoms with van der Waals surface area (Å²) in [4.78, 5) is 0. The van der Waals surface area contributed by atoms with Gasteiger partial charge in [0.1, 0.15) is 5.82 Å². The molecule has 16 heavy (non-hydrogen) atoms. The Morgan fingerprint density at radius 1 is 1.12 bits per heavy atom. The summed E-state index contributed by atoms with van der Waals surface area (Å²) in [7, 11) is 0. The highest BCUT2D eigenvalue weighted by molar-refractivity contribution is 5.26. The molecule has 0 spiro atoms. The highest BCUT2D eigenvalue weighted by Gasteiger charge is 2.30. The third kappa shape index (κ3) is 2.80. The van der Waals surface area contributed by atoms with Gasteiger partial charge in [-0.15, -0.1) is 0 Å². The lowest BCUT2D eigenvalue weighted by molar-refractivity contribution is 0.107. The molecule has 0 saturated carbocycles. The Morgan fingerprint density at radius 2 is 1.69 bits per heavy atom. The molecule has 1 rings (SSSR count). The maximum atomic E-state index is 12.8. The molecule has 2 N–H and O–H groups in total. The molecule has 0 fully saturated rings. The minimum Gasteiger partial charge on any atom is -0.395 e. The van der Waals surface area contributed by atoms with Crippen molar-refractivity contribution in [3.05, 3.63) is 35.6 Å². The number of aliphatic hydroxyl groups is 2. The molecule has 0 radical (unpaired) electrons. The average molecular weight is 226 g/mol. The molecule has 1 aromatic carbocycles. The van der Waals surface area contributed by atoms with E-state index in [1.165, 1.54) is 12.1 Å². The average Bonchev–Trinajstić information content (AvgIpc) is 2.33. The summed E-state index contributed by atoms with van der Waals surface area (Å²) in [6.07, 6.45) is 2.64. The van der Waals surface area contributed by atoms with Crippen LogP contribution in [0.1, 0.15) is 31.7 Å². The van der Waals surface area contributed by atoms with Crippen LogP contribution in [0.25, 0.3) is 0 Å². The third-order valence-electron chi connectivity index (χ3n) is 3.07. The van der Waals surface area contributed by atoms with E-state index in [0.29, 0.717) is 6.42 Å². The Kier molecular flexibility index (Phi) is 4.90. The maximum Gasteiger partial charge on any atom is 0.123 e. The molecule has 0 aromatic heterocycles. The van der Waals surface area contributed by atoms with Crippen LogP contribution < -0.4 is 0 Å². The Balaban J connectivity index is 2.95. The molecule has 0 aliphatic heterocycles. The van der Waals surface area contributed by atoms with Gasteiger partial charge in [0.15, 0.2) is 0 Å². The van der Waals surface area contributed by atoms with Gasteiger partial charge in [0, 0.05) is 5.41 Å². The summed E-state index contributed by atoms with van der Waals surface area (Å²) in [6, 6.07) is 6.00. The topological polar surface area (TPSA) is 40.5 Å². The fourth-order valence-corrected chi connectivity index (χ4v) is 1.85. The highest BCUT2D eigenvalue weighted by atomic mass is 19.1. The van der Waals surface area contributed by atoms with Crippen LogP contribution in [0, 0.1) is 5.82 Å². The number of rotatable bonds is 6. The van der Waals surface area contributed by atoms with Crippen molar-refractivity contribution in [3.63, 3.8) is 0 Å². The van der Waals surface area contributed by atoms with Crippen molar-refractivity contribution in [1.82, 2.24) is 0 Å². The van der Waals surface area contributed by atoms with Gasteiger partial charge in [-0.1, -0.05) is 31.9 Å². The monoisotopic (exact) mass is 226 g/mol. The first-order valence-corrected chi connectivity index (χ1v) is 5.66.